The van der Waals surface area contributed by atoms with Crippen LogP contribution in [0.3, 0.4) is 0 Å². The molecule has 1 spiro atoms. The van der Waals surface area contributed by atoms with Crippen LogP contribution in [0.1, 0.15) is 12.8 Å². The molecule has 0 aromatic carbocycles. The molecule has 0 aliphatic carbocycles. The van der Waals surface area contributed by atoms with E-state index in [0.717, 1.165) is 32.5 Å². The lowest BCUT2D eigenvalue weighted by Gasteiger charge is -2.50. The standard InChI is InChI=1S/C15H19F2N5O2/c16-11(17)6-23-13-5-12(19-9-20-13)21-14-18-7-15(24-14)8-22-3-1-10(15)2-4-22/h5,9-11H,1-4,6-8H2,(H,18,19,20,21). The molecule has 5 heterocycles. The highest BCUT2D eigenvalue weighted by molar-refractivity contribution is 5.89. The molecule has 1 aromatic rings. The van der Waals surface area contributed by atoms with E-state index in [1.807, 2.05) is 0 Å². The van der Waals surface area contributed by atoms with Crippen LogP contribution in [0.25, 0.3) is 0 Å². The van der Waals surface area contributed by atoms with Crippen molar-refractivity contribution in [3.8, 4) is 5.88 Å². The fourth-order valence-electron chi connectivity index (χ4n) is 3.69. The molecule has 3 saturated heterocycles. The van der Waals surface area contributed by atoms with E-state index in [4.69, 9.17) is 9.47 Å². The number of aromatic nitrogens is 2. The maximum atomic E-state index is 12.2. The van der Waals surface area contributed by atoms with E-state index in [9.17, 15) is 8.78 Å². The third kappa shape index (κ3) is 3.00. The van der Waals surface area contributed by atoms with Gasteiger partial charge in [0.15, 0.2) is 6.61 Å². The summed E-state index contributed by atoms with van der Waals surface area (Å²) in [6.07, 6.45) is 0.988. The van der Waals surface area contributed by atoms with E-state index < -0.39 is 13.0 Å². The molecule has 0 amide bonds. The molecule has 2 bridgehead atoms. The first-order valence-electron chi connectivity index (χ1n) is 8.09. The number of halogens is 2. The number of rotatable bonds is 4. The average Bonchev–Trinajstić information content (AvgIpc) is 2.96. The number of ether oxygens (including phenoxy) is 2. The molecule has 1 N–H and O–H groups in total. The summed E-state index contributed by atoms with van der Waals surface area (Å²) in [4.78, 5) is 14.7. The Labute approximate surface area is 138 Å². The molecule has 24 heavy (non-hydrogen) atoms. The molecule has 0 saturated carbocycles. The Morgan fingerprint density at radius 2 is 2.21 bits per heavy atom. The van der Waals surface area contributed by atoms with Gasteiger partial charge >= 0.3 is 0 Å². The molecule has 1 atom stereocenters. The van der Waals surface area contributed by atoms with Gasteiger partial charge in [-0.25, -0.2) is 23.7 Å². The monoisotopic (exact) mass is 339 g/mol. The summed E-state index contributed by atoms with van der Waals surface area (Å²) in [6, 6.07) is 1.87. The van der Waals surface area contributed by atoms with E-state index in [0.29, 0.717) is 24.3 Å². The van der Waals surface area contributed by atoms with Crippen molar-refractivity contribution >= 4 is 11.8 Å². The third-order valence-electron chi connectivity index (χ3n) is 4.85. The van der Waals surface area contributed by atoms with Gasteiger partial charge in [-0.2, -0.15) is 0 Å². The van der Waals surface area contributed by atoms with Crippen LogP contribution < -0.4 is 10.1 Å². The lowest BCUT2D eigenvalue weighted by molar-refractivity contribution is -0.0829. The molecule has 130 valence electrons. The summed E-state index contributed by atoms with van der Waals surface area (Å²) < 4.78 is 35.4. The van der Waals surface area contributed by atoms with Crippen molar-refractivity contribution in [2.75, 3.05) is 38.1 Å². The van der Waals surface area contributed by atoms with Crippen molar-refractivity contribution in [1.82, 2.24) is 14.9 Å². The van der Waals surface area contributed by atoms with E-state index in [-0.39, 0.29) is 11.5 Å². The van der Waals surface area contributed by atoms with Crippen LogP contribution in [0, 0.1) is 5.92 Å². The van der Waals surface area contributed by atoms with Crippen LogP contribution in [-0.2, 0) is 4.74 Å². The predicted molar refractivity (Wildman–Crippen MR) is 82.4 cm³/mol. The van der Waals surface area contributed by atoms with Gasteiger partial charge in [-0.05, 0) is 25.9 Å². The van der Waals surface area contributed by atoms with Gasteiger partial charge in [0, 0.05) is 18.5 Å². The maximum Gasteiger partial charge on any atom is 0.291 e. The summed E-state index contributed by atoms with van der Waals surface area (Å²) >= 11 is 0. The smallest absolute Gasteiger partial charge is 0.291 e. The molecule has 0 radical (unpaired) electrons. The molecule has 9 heteroatoms. The SMILES string of the molecule is FC(F)COc1cc(NC2=NCC3(CN4CCC3CC4)O2)ncn1. The largest absolute Gasteiger partial charge is 0.471 e. The molecule has 4 aliphatic rings. The van der Waals surface area contributed by atoms with Gasteiger partial charge in [0.05, 0.1) is 6.54 Å². The Bertz CT molecular complexity index is 636. The van der Waals surface area contributed by atoms with E-state index in [2.05, 4.69) is 25.2 Å². The molecule has 5 rings (SSSR count). The molecule has 1 unspecified atom stereocenters. The Hall–Kier alpha value is -2.03. The van der Waals surface area contributed by atoms with Gasteiger partial charge in [0.2, 0.25) is 5.88 Å². The zero-order valence-electron chi connectivity index (χ0n) is 13.1. The summed E-state index contributed by atoms with van der Waals surface area (Å²) in [5.74, 6) is 1.02. The van der Waals surface area contributed by atoms with Crippen LogP contribution in [-0.4, -0.2) is 65.7 Å². The normalized spacial score (nSPS) is 31.2. The lowest BCUT2D eigenvalue weighted by Crippen LogP contribution is -2.61. The number of nitrogens with one attached hydrogen (secondary N) is 1. The number of aliphatic imine (C=N–C) groups is 1. The average molecular weight is 339 g/mol. The zero-order valence-corrected chi connectivity index (χ0v) is 13.1. The van der Waals surface area contributed by atoms with Crippen LogP contribution >= 0.6 is 0 Å². The van der Waals surface area contributed by atoms with Gasteiger partial charge in [-0.1, -0.05) is 0 Å². The summed E-state index contributed by atoms with van der Waals surface area (Å²) in [7, 11) is 0. The van der Waals surface area contributed by atoms with Crippen molar-refractivity contribution in [2.45, 2.75) is 24.9 Å². The number of hydrogen-bond acceptors (Lipinski definition) is 7. The predicted octanol–water partition coefficient (Wildman–Crippen LogP) is 1.38. The molecule has 3 fully saturated rings. The Morgan fingerprint density at radius 3 is 2.92 bits per heavy atom. The lowest BCUT2D eigenvalue weighted by atomic mass is 9.75. The first kappa shape index (κ1) is 15.5. The fraction of sp³-hybridized carbons (Fsp3) is 0.667. The number of nitrogens with zero attached hydrogens (tertiary/aromatic N) is 4. The van der Waals surface area contributed by atoms with Crippen molar-refractivity contribution in [3.63, 3.8) is 0 Å². The van der Waals surface area contributed by atoms with Crippen LogP contribution in [0.2, 0.25) is 0 Å². The highest BCUT2D eigenvalue weighted by Crippen LogP contribution is 2.40. The first-order chi connectivity index (χ1) is 11.6. The quantitative estimate of drug-likeness (QED) is 0.894. The zero-order chi connectivity index (χ0) is 16.6. The summed E-state index contributed by atoms with van der Waals surface area (Å²) in [5.41, 5.74) is -0.235. The fourth-order valence-corrected chi connectivity index (χ4v) is 3.69. The maximum absolute atomic E-state index is 12.2. The number of fused-ring (bicyclic) bond motifs is 2. The summed E-state index contributed by atoms with van der Waals surface area (Å²) in [6.45, 7) is 3.11. The van der Waals surface area contributed by atoms with Gasteiger partial charge < -0.3 is 9.47 Å². The van der Waals surface area contributed by atoms with Gasteiger partial charge in [-0.3, -0.25) is 10.2 Å². The van der Waals surface area contributed by atoms with E-state index >= 15 is 0 Å². The number of amidine groups is 1. The Balaban J connectivity index is 1.39. The van der Waals surface area contributed by atoms with Gasteiger partial charge in [-0.15, -0.1) is 0 Å². The molecular weight excluding hydrogens is 320 g/mol. The Kier molecular flexibility index (Phi) is 3.95. The number of alkyl halides is 2. The molecule has 4 aliphatic heterocycles. The molecular formula is C15H19F2N5O2. The highest BCUT2D eigenvalue weighted by atomic mass is 19.3. The number of anilines is 1. The van der Waals surface area contributed by atoms with Crippen molar-refractivity contribution < 1.29 is 18.3 Å². The van der Waals surface area contributed by atoms with Gasteiger partial charge in [0.25, 0.3) is 12.4 Å². The second-order valence-corrected chi connectivity index (χ2v) is 6.41. The van der Waals surface area contributed by atoms with Gasteiger partial charge in [0.1, 0.15) is 17.7 Å². The van der Waals surface area contributed by atoms with Crippen LogP contribution in [0.5, 0.6) is 5.88 Å². The molecule has 7 nitrogen and oxygen atoms in total. The van der Waals surface area contributed by atoms with Crippen LogP contribution in [0.4, 0.5) is 14.6 Å². The van der Waals surface area contributed by atoms with E-state index in [1.54, 1.807) is 0 Å². The molecule has 1 aromatic heterocycles. The number of hydrogen-bond donors (Lipinski definition) is 1. The van der Waals surface area contributed by atoms with E-state index in [1.165, 1.54) is 12.4 Å². The minimum atomic E-state index is -2.55. The number of piperidine rings is 3. The minimum absolute atomic E-state index is 0.0870. The van der Waals surface area contributed by atoms with Crippen molar-refractivity contribution in [2.24, 2.45) is 10.9 Å². The highest BCUT2D eigenvalue weighted by Gasteiger charge is 2.51. The Morgan fingerprint density at radius 1 is 1.38 bits per heavy atom. The summed E-state index contributed by atoms with van der Waals surface area (Å²) in [5, 5.41) is 2.99. The topological polar surface area (TPSA) is 71.9 Å². The second-order valence-electron chi connectivity index (χ2n) is 6.41. The first-order valence-corrected chi connectivity index (χ1v) is 8.09. The van der Waals surface area contributed by atoms with Crippen molar-refractivity contribution in [1.29, 1.82) is 0 Å². The third-order valence-corrected chi connectivity index (χ3v) is 4.85. The second kappa shape index (κ2) is 6.12. The minimum Gasteiger partial charge on any atom is -0.471 e. The van der Waals surface area contributed by atoms with Crippen molar-refractivity contribution in [3.05, 3.63) is 12.4 Å². The van der Waals surface area contributed by atoms with Crippen LogP contribution in [0.15, 0.2) is 17.4 Å².